The zero-order chi connectivity index (χ0) is 13.2. The van der Waals surface area contributed by atoms with Gasteiger partial charge in [0.15, 0.2) is 0 Å². The lowest BCUT2D eigenvalue weighted by Gasteiger charge is -2.34. The van der Waals surface area contributed by atoms with Gasteiger partial charge in [0.2, 0.25) is 0 Å². The number of carboxylic acids is 1. The van der Waals surface area contributed by atoms with Gasteiger partial charge in [-0.15, -0.1) is 0 Å². The molecule has 1 heterocycles. The maximum absolute atomic E-state index is 10.4. The standard InChI is InChI=1S/C15H24O3/c1-11-12(15(2)9-13(11)18-10-15)7-5-3-4-6-8-14(16)17/h3,5,11-13H,4,6-10H2,1-2H3,(H,16,17)/b5-3-/t11?,12-,13?,15?/m0/s1. The molecule has 1 aliphatic heterocycles. The van der Waals surface area contributed by atoms with Crippen LogP contribution in [0.1, 0.15) is 46.0 Å². The first-order valence-corrected chi connectivity index (χ1v) is 7.01. The zero-order valence-electron chi connectivity index (χ0n) is 11.4. The van der Waals surface area contributed by atoms with Crippen LogP contribution in [-0.2, 0) is 9.53 Å². The lowest BCUT2D eigenvalue weighted by atomic mass is 9.75. The minimum Gasteiger partial charge on any atom is -0.481 e. The first kappa shape index (κ1) is 13.6. The third-order valence-corrected chi connectivity index (χ3v) is 4.73. The molecule has 2 rings (SSSR count). The SMILES string of the molecule is CC1C2CC(C)(CO2)[C@H]1C/C=C\CCCC(=O)O. The van der Waals surface area contributed by atoms with Crippen molar-refractivity contribution in [1.29, 1.82) is 0 Å². The van der Waals surface area contributed by atoms with Crippen LogP contribution >= 0.6 is 0 Å². The molecule has 3 unspecified atom stereocenters. The number of carboxylic acid groups (broad SMARTS) is 1. The molecule has 0 radical (unpaired) electrons. The van der Waals surface area contributed by atoms with Crippen molar-refractivity contribution in [2.45, 2.75) is 52.1 Å². The average molecular weight is 252 g/mol. The van der Waals surface area contributed by atoms with E-state index >= 15 is 0 Å². The molecule has 3 nitrogen and oxygen atoms in total. The Morgan fingerprint density at radius 1 is 1.50 bits per heavy atom. The number of fused-ring (bicyclic) bond motifs is 2. The fourth-order valence-corrected chi connectivity index (χ4v) is 3.60. The molecular weight excluding hydrogens is 228 g/mol. The normalized spacial score (nSPS) is 38.7. The van der Waals surface area contributed by atoms with E-state index < -0.39 is 5.97 Å². The van der Waals surface area contributed by atoms with Crippen LogP contribution in [0.4, 0.5) is 0 Å². The Morgan fingerprint density at radius 2 is 2.28 bits per heavy atom. The number of hydrogen-bond acceptors (Lipinski definition) is 2. The van der Waals surface area contributed by atoms with E-state index in [1.54, 1.807) is 0 Å². The summed E-state index contributed by atoms with van der Waals surface area (Å²) in [4.78, 5) is 10.4. The summed E-state index contributed by atoms with van der Waals surface area (Å²) >= 11 is 0. The molecule has 18 heavy (non-hydrogen) atoms. The van der Waals surface area contributed by atoms with Crippen molar-refractivity contribution in [1.82, 2.24) is 0 Å². The molecule has 2 fully saturated rings. The molecule has 2 bridgehead atoms. The number of hydrogen-bond donors (Lipinski definition) is 1. The molecule has 0 spiro atoms. The lowest BCUT2D eigenvalue weighted by Crippen LogP contribution is -2.32. The summed E-state index contributed by atoms with van der Waals surface area (Å²) in [5, 5.41) is 8.54. The zero-order valence-corrected chi connectivity index (χ0v) is 11.4. The molecule has 1 N–H and O–H groups in total. The maximum atomic E-state index is 10.4. The van der Waals surface area contributed by atoms with Gasteiger partial charge in [0.1, 0.15) is 0 Å². The second-order valence-electron chi connectivity index (χ2n) is 6.17. The first-order valence-electron chi connectivity index (χ1n) is 7.01. The summed E-state index contributed by atoms with van der Waals surface area (Å²) in [5.74, 6) is 0.689. The highest BCUT2D eigenvalue weighted by Crippen LogP contribution is 2.54. The van der Waals surface area contributed by atoms with E-state index in [9.17, 15) is 4.79 Å². The monoisotopic (exact) mass is 252 g/mol. The smallest absolute Gasteiger partial charge is 0.303 e. The topological polar surface area (TPSA) is 46.5 Å². The Labute approximate surface area is 109 Å². The van der Waals surface area contributed by atoms with Crippen molar-refractivity contribution < 1.29 is 14.6 Å². The van der Waals surface area contributed by atoms with Gasteiger partial charge in [-0.25, -0.2) is 0 Å². The van der Waals surface area contributed by atoms with Gasteiger partial charge in [-0.1, -0.05) is 26.0 Å². The molecule has 2 aliphatic rings. The minimum absolute atomic E-state index is 0.276. The van der Waals surface area contributed by atoms with Gasteiger partial charge in [0.25, 0.3) is 0 Å². The molecule has 102 valence electrons. The summed E-state index contributed by atoms with van der Waals surface area (Å²) in [6, 6.07) is 0. The maximum Gasteiger partial charge on any atom is 0.303 e. The Morgan fingerprint density at radius 3 is 2.89 bits per heavy atom. The third kappa shape index (κ3) is 2.77. The van der Waals surface area contributed by atoms with E-state index in [1.807, 2.05) is 0 Å². The van der Waals surface area contributed by atoms with Gasteiger partial charge in [0, 0.05) is 6.42 Å². The molecule has 4 atom stereocenters. The quantitative estimate of drug-likeness (QED) is 0.583. The molecule has 0 aromatic carbocycles. The van der Waals surface area contributed by atoms with Gasteiger partial charge in [-0.05, 0) is 42.9 Å². The molecular formula is C15H24O3. The van der Waals surface area contributed by atoms with Crippen LogP contribution in [0, 0.1) is 17.3 Å². The van der Waals surface area contributed by atoms with Gasteiger partial charge in [-0.2, -0.15) is 0 Å². The second-order valence-corrected chi connectivity index (χ2v) is 6.17. The summed E-state index contributed by atoms with van der Waals surface area (Å²) in [7, 11) is 0. The van der Waals surface area contributed by atoms with Crippen molar-refractivity contribution in [3.63, 3.8) is 0 Å². The number of rotatable bonds is 6. The average Bonchev–Trinajstić information content (AvgIpc) is 2.79. The number of aliphatic carboxylic acids is 1. The summed E-state index contributed by atoms with van der Waals surface area (Å²) in [6.45, 7) is 5.57. The molecule has 0 amide bonds. The Hall–Kier alpha value is -0.830. The van der Waals surface area contributed by atoms with Crippen molar-refractivity contribution in [2.24, 2.45) is 17.3 Å². The highest BCUT2D eigenvalue weighted by molar-refractivity contribution is 5.66. The molecule has 1 saturated heterocycles. The fourth-order valence-electron chi connectivity index (χ4n) is 3.60. The Kier molecular flexibility index (Phi) is 4.10. The third-order valence-electron chi connectivity index (χ3n) is 4.73. The Bertz CT molecular complexity index is 337. The van der Waals surface area contributed by atoms with Gasteiger partial charge in [-0.3, -0.25) is 4.79 Å². The summed E-state index contributed by atoms with van der Waals surface area (Å²) in [6.07, 6.45) is 9.09. The van der Waals surface area contributed by atoms with Crippen LogP contribution in [0.3, 0.4) is 0 Å². The van der Waals surface area contributed by atoms with E-state index in [-0.39, 0.29) is 6.42 Å². The minimum atomic E-state index is -0.699. The Balaban J connectivity index is 1.73. The number of unbranched alkanes of at least 4 members (excludes halogenated alkanes) is 1. The summed E-state index contributed by atoms with van der Waals surface area (Å²) in [5.41, 5.74) is 0.371. The van der Waals surface area contributed by atoms with E-state index in [0.717, 1.165) is 31.8 Å². The van der Waals surface area contributed by atoms with Crippen LogP contribution in [-0.4, -0.2) is 23.8 Å². The number of carbonyl (C=O) groups is 1. The van der Waals surface area contributed by atoms with Crippen LogP contribution in [0.5, 0.6) is 0 Å². The molecule has 1 aliphatic carbocycles. The van der Waals surface area contributed by atoms with Gasteiger partial charge < -0.3 is 9.84 Å². The largest absolute Gasteiger partial charge is 0.481 e. The molecule has 0 aromatic rings. The predicted molar refractivity (Wildman–Crippen MR) is 70.4 cm³/mol. The fraction of sp³-hybridized carbons (Fsp3) is 0.800. The first-order chi connectivity index (χ1) is 8.53. The van der Waals surface area contributed by atoms with Crippen LogP contribution < -0.4 is 0 Å². The van der Waals surface area contributed by atoms with Crippen LogP contribution in [0.25, 0.3) is 0 Å². The molecule has 0 aromatic heterocycles. The number of ether oxygens (including phenoxy) is 1. The van der Waals surface area contributed by atoms with Crippen LogP contribution in [0.2, 0.25) is 0 Å². The highest BCUT2D eigenvalue weighted by atomic mass is 16.5. The van der Waals surface area contributed by atoms with Crippen molar-refractivity contribution >= 4 is 5.97 Å². The predicted octanol–water partition coefficient (Wildman–Crippen LogP) is 3.25. The number of allylic oxidation sites excluding steroid dienone is 2. The summed E-state index contributed by atoms with van der Waals surface area (Å²) < 4.78 is 5.78. The van der Waals surface area contributed by atoms with Crippen molar-refractivity contribution in [2.75, 3.05) is 6.61 Å². The molecule has 3 heteroatoms. The van der Waals surface area contributed by atoms with E-state index in [1.165, 1.54) is 6.42 Å². The van der Waals surface area contributed by atoms with Crippen molar-refractivity contribution in [3.8, 4) is 0 Å². The van der Waals surface area contributed by atoms with E-state index in [4.69, 9.17) is 9.84 Å². The van der Waals surface area contributed by atoms with Gasteiger partial charge >= 0.3 is 5.97 Å². The molecule has 1 saturated carbocycles. The van der Waals surface area contributed by atoms with E-state index in [0.29, 0.717) is 17.4 Å². The van der Waals surface area contributed by atoms with E-state index in [2.05, 4.69) is 26.0 Å². The van der Waals surface area contributed by atoms with Crippen molar-refractivity contribution in [3.05, 3.63) is 12.2 Å². The lowest BCUT2D eigenvalue weighted by molar-refractivity contribution is -0.137. The second kappa shape index (κ2) is 5.43. The van der Waals surface area contributed by atoms with Gasteiger partial charge in [0.05, 0.1) is 12.7 Å². The highest BCUT2D eigenvalue weighted by Gasteiger charge is 2.53. The van der Waals surface area contributed by atoms with Crippen LogP contribution in [0.15, 0.2) is 12.2 Å².